The fourth-order valence-electron chi connectivity index (χ4n) is 2.68. The van der Waals surface area contributed by atoms with E-state index < -0.39 is 15.9 Å². The van der Waals surface area contributed by atoms with Crippen molar-refractivity contribution in [3.63, 3.8) is 0 Å². The van der Waals surface area contributed by atoms with Crippen LogP contribution in [0.25, 0.3) is 0 Å². The number of hydrogen-bond donors (Lipinski definition) is 3. The van der Waals surface area contributed by atoms with Crippen molar-refractivity contribution >= 4 is 38.9 Å². The van der Waals surface area contributed by atoms with E-state index in [1.54, 1.807) is 19.1 Å². The van der Waals surface area contributed by atoms with E-state index in [1.165, 1.54) is 42.5 Å². The van der Waals surface area contributed by atoms with Crippen LogP contribution in [0.2, 0.25) is 5.02 Å². The molecule has 0 unspecified atom stereocenters. The molecule has 1 amide bonds. The Morgan fingerprint density at radius 2 is 1.59 bits per heavy atom. The van der Waals surface area contributed by atoms with Crippen molar-refractivity contribution in [2.45, 2.75) is 18.7 Å². The van der Waals surface area contributed by atoms with Crippen LogP contribution in [0.15, 0.2) is 65.6 Å². The number of sulfonamides is 1. The van der Waals surface area contributed by atoms with Gasteiger partial charge in [-0.05, 0) is 73.5 Å². The lowest BCUT2D eigenvalue weighted by molar-refractivity contribution is 0.102. The summed E-state index contributed by atoms with van der Waals surface area (Å²) in [6.45, 7) is 3.56. The number of anilines is 2. The highest BCUT2D eigenvalue weighted by molar-refractivity contribution is 7.92. The second-order valence-electron chi connectivity index (χ2n) is 6.57. The van der Waals surface area contributed by atoms with Gasteiger partial charge < -0.3 is 10.4 Å². The van der Waals surface area contributed by atoms with E-state index in [0.29, 0.717) is 22.5 Å². The summed E-state index contributed by atoms with van der Waals surface area (Å²) < 4.78 is 27.9. The Balaban J connectivity index is 1.75. The summed E-state index contributed by atoms with van der Waals surface area (Å²) in [7, 11) is -3.75. The first-order chi connectivity index (χ1) is 13.7. The molecule has 8 heteroatoms. The highest BCUT2D eigenvalue weighted by atomic mass is 35.5. The number of hydrogen-bond acceptors (Lipinski definition) is 4. The van der Waals surface area contributed by atoms with Gasteiger partial charge >= 0.3 is 0 Å². The smallest absolute Gasteiger partial charge is 0.262 e. The van der Waals surface area contributed by atoms with Crippen LogP contribution in [0.5, 0.6) is 5.75 Å². The van der Waals surface area contributed by atoms with Gasteiger partial charge in [0.1, 0.15) is 5.75 Å². The Morgan fingerprint density at radius 3 is 2.24 bits per heavy atom. The van der Waals surface area contributed by atoms with Crippen molar-refractivity contribution in [2.75, 3.05) is 10.0 Å². The highest BCUT2D eigenvalue weighted by Gasteiger charge is 2.17. The predicted molar refractivity (Wildman–Crippen MR) is 114 cm³/mol. The van der Waals surface area contributed by atoms with Gasteiger partial charge in [-0.25, -0.2) is 8.42 Å². The highest BCUT2D eigenvalue weighted by Crippen LogP contribution is 2.26. The fraction of sp³-hybridized carbons (Fsp3) is 0.0952. The molecule has 0 fully saturated rings. The summed E-state index contributed by atoms with van der Waals surface area (Å²) in [6.07, 6.45) is 0. The minimum atomic E-state index is -3.75. The van der Waals surface area contributed by atoms with E-state index in [1.807, 2.05) is 13.0 Å². The minimum Gasteiger partial charge on any atom is -0.506 e. The van der Waals surface area contributed by atoms with Crippen LogP contribution < -0.4 is 10.0 Å². The maximum absolute atomic E-state index is 12.7. The third kappa shape index (κ3) is 4.88. The number of amides is 1. The first kappa shape index (κ1) is 20.7. The maximum Gasteiger partial charge on any atom is 0.262 e. The third-order valence-corrected chi connectivity index (χ3v) is 6.06. The molecule has 29 heavy (non-hydrogen) atoms. The molecule has 0 radical (unpaired) electrons. The first-order valence-electron chi connectivity index (χ1n) is 8.66. The van der Waals surface area contributed by atoms with E-state index in [-0.39, 0.29) is 15.7 Å². The van der Waals surface area contributed by atoms with Gasteiger partial charge in [0.2, 0.25) is 0 Å². The largest absolute Gasteiger partial charge is 0.506 e. The molecule has 0 spiro atoms. The second kappa shape index (κ2) is 8.14. The molecule has 6 nitrogen and oxygen atoms in total. The number of rotatable bonds is 5. The predicted octanol–water partition coefficient (Wildman–Crippen LogP) is 4.72. The SMILES string of the molecule is Cc1ccc(C)c(S(=O)(=O)Nc2ccc(C(=O)Nc3ccc(O)c(Cl)c3)cc2)c1. The number of benzene rings is 3. The van der Waals surface area contributed by atoms with Gasteiger partial charge in [0.25, 0.3) is 15.9 Å². The van der Waals surface area contributed by atoms with E-state index in [2.05, 4.69) is 10.0 Å². The van der Waals surface area contributed by atoms with E-state index in [0.717, 1.165) is 5.56 Å². The number of phenols is 1. The lowest BCUT2D eigenvalue weighted by Crippen LogP contribution is -2.15. The van der Waals surface area contributed by atoms with E-state index in [4.69, 9.17) is 11.6 Å². The Hall–Kier alpha value is -3.03. The van der Waals surface area contributed by atoms with Crippen molar-refractivity contribution < 1.29 is 18.3 Å². The Morgan fingerprint density at radius 1 is 0.931 bits per heavy atom. The van der Waals surface area contributed by atoms with Crippen LogP contribution >= 0.6 is 11.6 Å². The zero-order chi connectivity index (χ0) is 21.2. The van der Waals surface area contributed by atoms with Gasteiger partial charge in [-0.2, -0.15) is 0 Å². The van der Waals surface area contributed by atoms with Crippen LogP contribution in [0, 0.1) is 13.8 Å². The van der Waals surface area contributed by atoms with Crippen molar-refractivity contribution in [1.29, 1.82) is 0 Å². The zero-order valence-electron chi connectivity index (χ0n) is 15.7. The van der Waals surface area contributed by atoms with Gasteiger partial charge in [0, 0.05) is 16.9 Å². The third-order valence-electron chi connectivity index (χ3n) is 4.24. The van der Waals surface area contributed by atoms with Gasteiger partial charge in [0.05, 0.1) is 9.92 Å². The van der Waals surface area contributed by atoms with Crippen molar-refractivity contribution in [3.8, 4) is 5.75 Å². The normalized spacial score (nSPS) is 11.1. The summed E-state index contributed by atoms with van der Waals surface area (Å²) in [6, 6.07) is 15.6. The summed E-state index contributed by atoms with van der Waals surface area (Å²) in [5.41, 5.74) is 2.60. The number of phenolic OH excluding ortho intramolecular Hbond substituents is 1. The van der Waals surface area contributed by atoms with Crippen LogP contribution in [0.1, 0.15) is 21.5 Å². The number of carbonyl (C=O) groups is 1. The average molecular weight is 431 g/mol. The molecule has 3 rings (SSSR count). The summed E-state index contributed by atoms with van der Waals surface area (Å²) >= 11 is 5.83. The van der Waals surface area contributed by atoms with Gasteiger partial charge in [-0.3, -0.25) is 9.52 Å². The molecule has 0 aliphatic rings. The molecule has 0 atom stereocenters. The Bertz CT molecular complexity index is 1180. The molecule has 0 saturated carbocycles. The molecule has 0 bridgehead atoms. The monoisotopic (exact) mass is 430 g/mol. The van der Waals surface area contributed by atoms with Crippen LogP contribution in [-0.2, 0) is 10.0 Å². The standard InChI is InChI=1S/C21H19ClN2O4S/c1-13-3-4-14(2)20(11-13)29(27,28)24-16-7-5-15(6-8-16)21(26)23-17-9-10-19(25)18(22)12-17/h3-12,24-25H,1-2H3,(H,23,26). The van der Waals surface area contributed by atoms with E-state index in [9.17, 15) is 18.3 Å². The average Bonchev–Trinajstić information content (AvgIpc) is 2.67. The van der Waals surface area contributed by atoms with Gasteiger partial charge in [-0.1, -0.05) is 23.7 Å². The number of carbonyl (C=O) groups excluding carboxylic acids is 1. The summed E-state index contributed by atoms with van der Waals surface area (Å²) in [5.74, 6) is -0.471. The van der Waals surface area contributed by atoms with E-state index >= 15 is 0 Å². The maximum atomic E-state index is 12.7. The minimum absolute atomic E-state index is 0.0786. The van der Waals surface area contributed by atoms with Crippen LogP contribution in [0.3, 0.4) is 0 Å². The number of aromatic hydroxyl groups is 1. The van der Waals surface area contributed by atoms with Crippen molar-refractivity contribution in [2.24, 2.45) is 0 Å². The molecular formula is C21H19ClN2O4S. The Labute approximate surface area is 174 Å². The molecule has 3 aromatic carbocycles. The molecule has 0 saturated heterocycles. The van der Waals surface area contributed by atoms with Crippen LogP contribution in [0.4, 0.5) is 11.4 Å². The molecule has 3 N–H and O–H groups in total. The molecule has 0 aromatic heterocycles. The number of nitrogens with one attached hydrogen (secondary N) is 2. The van der Waals surface area contributed by atoms with Crippen molar-refractivity contribution in [1.82, 2.24) is 0 Å². The Kier molecular flexibility index (Phi) is 5.81. The molecular weight excluding hydrogens is 412 g/mol. The lowest BCUT2D eigenvalue weighted by atomic mass is 10.2. The number of aryl methyl sites for hydroxylation is 2. The van der Waals surface area contributed by atoms with Crippen LogP contribution in [-0.4, -0.2) is 19.4 Å². The summed E-state index contributed by atoms with van der Waals surface area (Å²) in [4.78, 5) is 12.6. The molecule has 0 aliphatic heterocycles. The summed E-state index contributed by atoms with van der Waals surface area (Å²) in [5, 5.41) is 12.2. The lowest BCUT2D eigenvalue weighted by Gasteiger charge is -2.12. The zero-order valence-corrected chi connectivity index (χ0v) is 17.3. The van der Waals surface area contributed by atoms with Gasteiger partial charge in [0.15, 0.2) is 0 Å². The first-order valence-corrected chi connectivity index (χ1v) is 10.5. The quantitative estimate of drug-likeness (QED) is 0.510. The molecule has 3 aromatic rings. The molecule has 150 valence electrons. The topological polar surface area (TPSA) is 95.5 Å². The van der Waals surface area contributed by atoms with Gasteiger partial charge in [-0.15, -0.1) is 0 Å². The molecule has 0 heterocycles. The number of halogens is 1. The molecule has 0 aliphatic carbocycles. The van der Waals surface area contributed by atoms with Crippen molar-refractivity contribution in [3.05, 3.63) is 82.4 Å². The fourth-order valence-corrected chi connectivity index (χ4v) is 4.25. The second-order valence-corrected chi connectivity index (χ2v) is 8.63.